The van der Waals surface area contributed by atoms with E-state index in [-0.39, 0.29) is 17.7 Å². The van der Waals surface area contributed by atoms with Gasteiger partial charge < -0.3 is 19.9 Å². The number of carbonyl (C=O) groups excluding carboxylic acids is 1. The SMILES string of the molecule is COCCOc1cc(C)c2c(c1C)[C@H](O)[C@H]([C@H](C)C(=O)NC1CC1)CC2. The number of fused-ring (bicyclic) bond motifs is 1. The molecule has 144 valence electrons. The first kappa shape index (κ1) is 19.2. The molecule has 1 aromatic rings. The normalized spacial score (nSPS) is 23.3. The minimum atomic E-state index is -0.636. The molecule has 26 heavy (non-hydrogen) atoms. The van der Waals surface area contributed by atoms with Crippen LogP contribution in [0.5, 0.6) is 5.75 Å². The van der Waals surface area contributed by atoms with Crippen molar-refractivity contribution in [2.75, 3.05) is 20.3 Å². The molecule has 0 spiro atoms. The molecule has 1 fully saturated rings. The van der Waals surface area contributed by atoms with Gasteiger partial charge in [-0.1, -0.05) is 6.92 Å². The molecule has 1 aromatic carbocycles. The van der Waals surface area contributed by atoms with Crippen molar-refractivity contribution in [3.8, 4) is 5.75 Å². The van der Waals surface area contributed by atoms with Crippen LogP contribution >= 0.6 is 0 Å². The number of amides is 1. The molecule has 0 unspecified atom stereocenters. The largest absolute Gasteiger partial charge is 0.491 e. The smallest absolute Gasteiger partial charge is 0.223 e. The van der Waals surface area contributed by atoms with Gasteiger partial charge in [0, 0.05) is 25.0 Å². The number of rotatable bonds is 7. The molecular weight excluding hydrogens is 330 g/mol. The van der Waals surface area contributed by atoms with E-state index in [0.29, 0.717) is 19.3 Å². The molecule has 2 aliphatic rings. The van der Waals surface area contributed by atoms with Gasteiger partial charge in [0.1, 0.15) is 12.4 Å². The first-order valence-electron chi connectivity index (χ1n) is 9.67. The number of aryl methyl sites for hydroxylation is 1. The lowest BCUT2D eigenvalue weighted by Gasteiger charge is -2.36. The Morgan fingerprint density at radius 2 is 2.04 bits per heavy atom. The van der Waals surface area contributed by atoms with Crippen LogP contribution in [0.25, 0.3) is 0 Å². The van der Waals surface area contributed by atoms with Crippen molar-refractivity contribution in [3.05, 3.63) is 28.3 Å². The highest BCUT2D eigenvalue weighted by Gasteiger charge is 2.38. The lowest BCUT2D eigenvalue weighted by Crippen LogP contribution is -2.38. The van der Waals surface area contributed by atoms with Crippen molar-refractivity contribution in [3.63, 3.8) is 0 Å². The standard InChI is InChI=1S/C21H31NO4/c1-12-11-18(26-10-9-25-4)14(3)19-16(12)7-8-17(20(19)23)13(2)21(24)22-15-5-6-15/h11,13,15,17,20,23H,5-10H2,1-4H3,(H,22,24)/t13-,17-,20+/m0/s1. The third kappa shape index (κ3) is 3.89. The Morgan fingerprint density at radius 3 is 2.69 bits per heavy atom. The number of ether oxygens (including phenoxy) is 2. The van der Waals surface area contributed by atoms with E-state index < -0.39 is 6.10 Å². The molecule has 0 aromatic heterocycles. The van der Waals surface area contributed by atoms with Gasteiger partial charge in [-0.25, -0.2) is 0 Å². The second kappa shape index (κ2) is 7.97. The number of aliphatic hydroxyl groups excluding tert-OH is 1. The molecule has 0 radical (unpaired) electrons. The number of benzene rings is 1. The highest BCUT2D eigenvalue weighted by molar-refractivity contribution is 5.79. The third-order valence-corrected chi connectivity index (χ3v) is 5.88. The van der Waals surface area contributed by atoms with Gasteiger partial charge in [0.25, 0.3) is 0 Å². The first-order valence-corrected chi connectivity index (χ1v) is 9.67. The van der Waals surface area contributed by atoms with Gasteiger partial charge in [0.2, 0.25) is 5.91 Å². The van der Waals surface area contributed by atoms with Gasteiger partial charge in [0.15, 0.2) is 0 Å². The molecule has 1 saturated carbocycles. The maximum Gasteiger partial charge on any atom is 0.223 e. The van der Waals surface area contributed by atoms with Crippen LogP contribution in [0.15, 0.2) is 6.07 Å². The van der Waals surface area contributed by atoms with E-state index >= 15 is 0 Å². The van der Waals surface area contributed by atoms with Crippen LogP contribution < -0.4 is 10.1 Å². The quantitative estimate of drug-likeness (QED) is 0.733. The molecule has 2 aliphatic carbocycles. The molecule has 0 heterocycles. The summed E-state index contributed by atoms with van der Waals surface area (Å²) in [5, 5.41) is 14.2. The van der Waals surface area contributed by atoms with Gasteiger partial charge in [0.05, 0.1) is 12.7 Å². The molecule has 2 N–H and O–H groups in total. The lowest BCUT2D eigenvalue weighted by molar-refractivity contribution is -0.128. The fraction of sp³-hybridized carbons (Fsp3) is 0.667. The van der Waals surface area contributed by atoms with Gasteiger partial charge in [-0.15, -0.1) is 0 Å². The number of methoxy groups -OCH3 is 1. The fourth-order valence-electron chi connectivity index (χ4n) is 4.04. The van der Waals surface area contributed by atoms with Crippen LogP contribution in [-0.2, 0) is 16.0 Å². The summed E-state index contributed by atoms with van der Waals surface area (Å²) in [5.74, 6) is 0.611. The number of hydrogen-bond donors (Lipinski definition) is 2. The number of carbonyl (C=O) groups is 1. The fourth-order valence-corrected chi connectivity index (χ4v) is 4.04. The van der Waals surface area contributed by atoms with E-state index in [2.05, 4.69) is 18.3 Å². The molecule has 3 rings (SSSR count). The average Bonchev–Trinajstić information content (AvgIpc) is 3.42. The van der Waals surface area contributed by atoms with Gasteiger partial charge in [-0.2, -0.15) is 0 Å². The summed E-state index contributed by atoms with van der Waals surface area (Å²) < 4.78 is 10.9. The highest BCUT2D eigenvalue weighted by Crippen LogP contribution is 2.44. The summed E-state index contributed by atoms with van der Waals surface area (Å²) in [7, 11) is 1.65. The second-order valence-corrected chi connectivity index (χ2v) is 7.77. The molecular formula is C21H31NO4. The van der Waals surface area contributed by atoms with Crippen molar-refractivity contribution in [2.24, 2.45) is 11.8 Å². The van der Waals surface area contributed by atoms with Crippen LogP contribution in [-0.4, -0.2) is 37.4 Å². The summed E-state index contributed by atoms with van der Waals surface area (Å²) in [6.07, 6.45) is 3.24. The summed E-state index contributed by atoms with van der Waals surface area (Å²) >= 11 is 0. The van der Waals surface area contributed by atoms with Crippen molar-refractivity contribution < 1.29 is 19.4 Å². The Labute approximate surface area is 156 Å². The zero-order valence-corrected chi connectivity index (χ0v) is 16.3. The predicted octanol–water partition coefficient (Wildman–Crippen LogP) is 2.84. The second-order valence-electron chi connectivity index (χ2n) is 7.77. The Morgan fingerprint density at radius 1 is 1.31 bits per heavy atom. The zero-order valence-electron chi connectivity index (χ0n) is 16.3. The van der Waals surface area contributed by atoms with Crippen molar-refractivity contribution in [1.29, 1.82) is 0 Å². The maximum atomic E-state index is 12.5. The van der Waals surface area contributed by atoms with Crippen LogP contribution in [0.2, 0.25) is 0 Å². The summed E-state index contributed by atoms with van der Waals surface area (Å²) in [6, 6.07) is 2.41. The number of aliphatic hydroxyl groups is 1. The highest BCUT2D eigenvalue weighted by atomic mass is 16.5. The average molecular weight is 361 g/mol. The lowest BCUT2D eigenvalue weighted by atomic mass is 9.72. The Balaban J connectivity index is 1.82. The third-order valence-electron chi connectivity index (χ3n) is 5.88. The number of nitrogens with one attached hydrogen (secondary N) is 1. The molecule has 0 saturated heterocycles. The Hall–Kier alpha value is -1.59. The monoisotopic (exact) mass is 361 g/mol. The molecule has 1 amide bonds. The molecule has 5 nitrogen and oxygen atoms in total. The van der Waals surface area contributed by atoms with Crippen molar-refractivity contribution >= 4 is 5.91 Å². The first-order chi connectivity index (χ1) is 12.4. The van der Waals surface area contributed by atoms with Crippen molar-refractivity contribution in [2.45, 2.75) is 58.6 Å². The van der Waals surface area contributed by atoms with E-state index in [1.807, 2.05) is 13.8 Å². The van der Waals surface area contributed by atoms with E-state index in [1.54, 1.807) is 7.11 Å². The van der Waals surface area contributed by atoms with Gasteiger partial charge in [-0.3, -0.25) is 4.79 Å². The molecule has 3 atom stereocenters. The van der Waals surface area contributed by atoms with Gasteiger partial charge in [-0.05, 0) is 67.9 Å². The summed E-state index contributed by atoms with van der Waals surface area (Å²) in [4.78, 5) is 12.5. The minimum absolute atomic E-state index is 0.0615. The predicted molar refractivity (Wildman–Crippen MR) is 100 cm³/mol. The Bertz CT molecular complexity index is 668. The van der Waals surface area contributed by atoms with E-state index in [9.17, 15) is 9.90 Å². The molecule has 0 bridgehead atoms. The zero-order chi connectivity index (χ0) is 18.8. The summed E-state index contributed by atoms with van der Waals surface area (Å²) in [5.41, 5.74) is 4.29. The van der Waals surface area contributed by atoms with Gasteiger partial charge >= 0.3 is 0 Å². The van der Waals surface area contributed by atoms with E-state index in [0.717, 1.165) is 48.1 Å². The number of hydrogen-bond acceptors (Lipinski definition) is 4. The minimum Gasteiger partial charge on any atom is -0.491 e. The maximum absolute atomic E-state index is 12.5. The van der Waals surface area contributed by atoms with Crippen molar-refractivity contribution in [1.82, 2.24) is 5.32 Å². The molecule has 0 aliphatic heterocycles. The van der Waals surface area contributed by atoms with E-state index in [1.165, 1.54) is 5.56 Å². The summed E-state index contributed by atoms with van der Waals surface area (Å²) in [6.45, 7) is 7.02. The van der Waals surface area contributed by atoms with Crippen LogP contribution in [0, 0.1) is 25.7 Å². The van der Waals surface area contributed by atoms with E-state index in [4.69, 9.17) is 9.47 Å². The Kier molecular flexibility index (Phi) is 5.88. The van der Waals surface area contributed by atoms with Crippen LogP contribution in [0.3, 0.4) is 0 Å². The topological polar surface area (TPSA) is 67.8 Å². The molecule has 5 heteroatoms. The van der Waals surface area contributed by atoms with Crippen LogP contribution in [0.4, 0.5) is 0 Å². The van der Waals surface area contributed by atoms with Crippen LogP contribution in [0.1, 0.15) is 54.5 Å².